The highest BCUT2D eigenvalue weighted by molar-refractivity contribution is 6.09. The molecule has 0 saturated carbocycles. The first kappa shape index (κ1) is 15.5. The van der Waals surface area contributed by atoms with E-state index in [4.69, 9.17) is 14.5 Å². The van der Waals surface area contributed by atoms with E-state index in [1.54, 1.807) is 14.2 Å². The van der Waals surface area contributed by atoms with Crippen LogP contribution in [-0.4, -0.2) is 19.2 Å². The molecule has 126 valence electrons. The third-order valence-corrected chi connectivity index (χ3v) is 4.68. The second kappa shape index (κ2) is 6.13. The van der Waals surface area contributed by atoms with Crippen molar-refractivity contribution in [1.29, 1.82) is 0 Å². The Morgan fingerprint density at radius 3 is 2.56 bits per heavy atom. The Labute approximate surface area is 147 Å². The summed E-state index contributed by atoms with van der Waals surface area (Å²) in [6, 6.07) is 10.6. The number of hydrogen-bond acceptors (Lipinski definition) is 4. The van der Waals surface area contributed by atoms with Crippen molar-refractivity contribution in [3.63, 3.8) is 0 Å². The molecule has 4 heteroatoms. The summed E-state index contributed by atoms with van der Waals surface area (Å²) in [5, 5.41) is 4.45. The second-order valence-corrected chi connectivity index (χ2v) is 6.00. The molecule has 25 heavy (non-hydrogen) atoms. The van der Waals surface area contributed by atoms with Crippen LogP contribution in [0.25, 0.3) is 28.1 Å². The Hall–Kier alpha value is -3.01. The minimum atomic E-state index is 0.660. The van der Waals surface area contributed by atoms with E-state index in [1.807, 2.05) is 24.5 Å². The maximum atomic E-state index is 5.56. The third-order valence-electron chi connectivity index (χ3n) is 4.68. The predicted octanol–water partition coefficient (Wildman–Crippen LogP) is 4.88. The van der Waals surface area contributed by atoms with Crippen LogP contribution in [0.4, 0.5) is 5.69 Å². The average molecular weight is 332 g/mol. The molecule has 0 radical (unpaired) electrons. The van der Waals surface area contributed by atoms with Crippen molar-refractivity contribution >= 4 is 22.7 Å². The summed E-state index contributed by atoms with van der Waals surface area (Å²) >= 11 is 0. The van der Waals surface area contributed by atoms with Gasteiger partial charge in [-0.25, -0.2) is 0 Å². The standard InChI is InChI=1S/C21H20N2O2/c1-4-13-5-7-14(8-6-13)16-12-23-20-18-15(9-10-22-19(16)18)11-17(24-2)21(20)25-3/h5-12,22H,4H2,1-3H3. The topological polar surface area (TPSA) is 43.4 Å². The van der Waals surface area contributed by atoms with E-state index >= 15 is 0 Å². The molecule has 4 rings (SSSR count). The number of nitrogens with one attached hydrogen (secondary N) is 1. The molecule has 0 spiro atoms. The number of benzene rings is 2. The van der Waals surface area contributed by atoms with Gasteiger partial charge in [0, 0.05) is 23.3 Å². The number of aromatic nitrogens is 1. The van der Waals surface area contributed by atoms with Gasteiger partial charge in [0.2, 0.25) is 0 Å². The van der Waals surface area contributed by atoms with Crippen LogP contribution in [0, 0.1) is 0 Å². The maximum absolute atomic E-state index is 5.56. The van der Waals surface area contributed by atoms with Gasteiger partial charge in [-0.05, 0) is 35.3 Å². The second-order valence-electron chi connectivity index (χ2n) is 6.00. The smallest absolute Gasteiger partial charge is 0.187 e. The zero-order valence-corrected chi connectivity index (χ0v) is 14.6. The van der Waals surface area contributed by atoms with Crippen molar-refractivity contribution in [2.24, 2.45) is 0 Å². The molecule has 3 aromatic rings. The largest absolute Gasteiger partial charge is 0.493 e. The Morgan fingerprint density at radius 1 is 1.08 bits per heavy atom. The number of anilines is 1. The normalized spacial score (nSPS) is 12.1. The highest BCUT2D eigenvalue weighted by atomic mass is 16.5. The molecule has 1 aliphatic rings. The molecule has 1 N–H and O–H groups in total. The molecule has 1 aromatic heterocycles. The van der Waals surface area contributed by atoms with Crippen LogP contribution < -0.4 is 14.8 Å². The van der Waals surface area contributed by atoms with Crippen molar-refractivity contribution in [2.75, 3.05) is 19.5 Å². The first-order valence-corrected chi connectivity index (χ1v) is 8.37. The number of ether oxygens (including phenoxy) is 2. The van der Waals surface area contributed by atoms with Gasteiger partial charge in [-0.15, -0.1) is 0 Å². The fraction of sp³-hybridized carbons (Fsp3) is 0.190. The molecule has 0 aliphatic carbocycles. The molecule has 0 bridgehead atoms. The van der Waals surface area contributed by atoms with Crippen LogP contribution in [0.5, 0.6) is 11.5 Å². The number of nitrogens with zero attached hydrogens (tertiary/aromatic N) is 1. The number of rotatable bonds is 4. The Balaban J connectivity index is 1.99. The highest BCUT2D eigenvalue weighted by Crippen LogP contribution is 2.44. The first-order chi connectivity index (χ1) is 12.3. The summed E-state index contributed by atoms with van der Waals surface area (Å²) in [6.07, 6.45) is 6.91. The number of pyridine rings is 1. The maximum Gasteiger partial charge on any atom is 0.187 e. The van der Waals surface area contributed by atoms with Crippen LogP contribution in [0.2, 0.25) is 0 Å². The van der Waals surface area contributed by atoms with Gasteiger partial charge in [-0.1, -0.05) is 31.2 Å². The van der Waals surface area contributed by atoms with Crippen molar-refractivity contribution in [3.8, 4) is 22.6 Å². The lowest BCUT2D eigenvalue weighted by Crippen LogP contribution is -2.03. The minimum Gasteiger partial charge on any atom is -0.493 e. The number of aryl methyl sites for hydroxylation is 1. The molecule has 0 amide bonds. The fourth-order valence-electron chi connectivity index (χ4n) is 3.34. The SMILES string of the molecule is CCc1ccc(-c2cnc3c(OC)c(OC)cc4c3c2NC=C4)cc1. The van der Waals surface area contributed by atoms with E-state index in [9.17, 15) is 0 Å². The van der Waals surface area contributed by atoms with Crippen LogP contribution in [-0.2, 0) is 6.42 Å². The zero-order chi connectivity index (χ0) is 17.4. The van der Waals surface area contributed by atoms with Gasteiger partial charge in [0.15, 0.2) is 11.5 Å². The van der Waals surface area contributed by atoms with Crippen molar-refractivity contribution in [3.05, 3.63) is 53.9 Å². The summed E-state index contributed by atoms with van der Waals surface area (Å²) in [5.41, 5.74) is 6.47. The lowest BCUT2D eigenvalue weighted by atomic mass is 9.96. The average Bonchev–Trinajstić information content (AvgIpc) is 2.68. The fourth-order valence-corrected chi connectivity index (χ4v) is 3.34. The molecule has 0 fully saturated rings. The molecule has 0 saturated heterocycles. The first-order valence-electron chi connectivity index (χ1n) is 8.37. The molecule has 1 aliphatic heterocycles. The van der Waals surface area contributed by atoms with Gasteiger partial charge in [-0.2, -0.15) is 0 Å². The Bertz CT molecular complexity index is 976. The van der Waals surface area contributed by atoms with Crippen molar-refractivity contribution < 1.29 is 9.47 Å². The van der Waals surface area contributed by atoms with E-state index < -0.39 is 0 Å². The van der Waals surface area contributed by atoms with Gasteiger partial charge >= 0.3 is 0 Å². The lowest BCUT2D eigenvalue weighted by molar-refractivity contribution is 0.358. The molecular formula is C21H20N2O2. The molecular weight excluding hydrogens is 312 g/mol. The molecule has 2 heterocycles. The van der Waals surface area contributed by atoms with Crippen molar-refractivity contribution in [2.45, 2.75) is 13.3 Å². The Morgan fingerprint density at radius 2 is 1.88 bits per heavy atom. The van der Waals surface area contributed by atoms with Crippen LogP contribution in [0.15, 0.2) is 42.7 Å². The monoisotopic (exact) mass is 332 g/mol. The van der Waals surface area contributed by atoms with Gasteiger partial charge < -0.3 is 14.8 Å². The highest BCUT2D eigenvalue weighted by Gasteiger charge is 2.21. The summed E-state index contributed by atoms with van der Waals surface area (Å²) in [7, 11) is 3.29. The number of methoxy groups -OCH3 is 2. The third kappa shape index (κ3) is 2.41. The van der Waals surface area contributed by atoms with E-state index in [0.717, 1.165) is 39.7 Å². The lowest BCUT2D eigenvalue weighted by Gasteiger charge is -2.20. The minimum absolute atomic E-state index is 0.660. The van der Waals surface area contributed by atoms with Crippen LogP contribution in [0.1, 0.15) is 18.1 Å². The summed E-state index contributed by atoms with van der Waals surface area (Å²) in [5.74, 6) is 1.35. The van der Waals surface area contributed by atoms with Crippen LogP contribution >= 0.6 is 0 Å². The predicted molar refractivity (Wildman–Crippen MR) is 102 cm³/mol. The van der Waals surface area contributed by atoms with Crippen LogP contribution in [0.3, 0.4) is 0 Å². The van der Waals surface area contributed by atoms with E-state index in [1.165, 1.54) is 5.56 Å². The van der Waals surface area contributed by atoms with Crippen molar-refractivity contribution in [1.82, 2.24) is 4.98 Å². The Kier molecular flexibility index (Phi) is 3.80. The van der Waals surface area contributed by atoms with Gasteiger partial charge in [0.1, 0.15) is 5.52 Å². The number of hydrogen-bond donors (Lipinski definition) is 1. The molecule has 2 aromatic carbocycles. The van der Waals surface area contributed by atoms with E-state index in [0.29, 0.717) is 11.5 Å². The molecule has 0 unspecified atom stereocenters. The quantitative estimate of drug-likeness (QED) is 0.739. The zero-order valence-electron chi connectivity index (χ0n) is 14.6. The molecule has 0 atom stereocenters. The van der Waals surface area contributed by atoms with Gasteiger partial charge in [-0.3, -0.25) is 4.98 Å². The van der Waals surface area contributed by atoms with E-state index in [-0.39, 0.29) is 0 Å². The molecule has 4 nitrogen and oxygen atoms in total. The van der Waals surface area contributed by atoms with E-state index in [2.05, 4.69) is 36.5 Å². The summed E-state index contributed by atoms with van der Waals surface area (Å²) in [6.45, 7) is 2.16. The van der Waals surface area contributed by atoms with Gasteiger partial charge in [0.05, 0.1) is 19.9 Å². The summed E-state index contributed by atoms with van der Waals surface area (Å²) in [4.78, 5) is 4.70. The van der Waals surface area contributed by atoms with Gasteiger partial charge in [0.25, 0.3) is 0 Å². The summed E-state index contributed by atoms with van der Waals surface area (Å²) < 4.78 is 11.0.